The average molecular weight is 246 g/mol. The fraction of sp³-hybridized carbons (Fsp3) is 0.385. The summed E-state index contributed by atoms with van der Waals surface area (Å²) in [5.41, 5.74) is 5.26. The number of nitrogens with zero attached hydrogens (tertiary/aromatic N) is 2. The molecule has 0 saturated carbocycles. The molecule has 5 nitrogen and oxygen atoms in total. The van der Waals surface area contributed by atoms with Gasteiger partial charge in [-0.05, 0) is 18.6 Å². The van der Waals surface area contributed by atoms with E-state index >= 15 is 0 Å². The van der Waals surface area contributed by atoms with E-state index in [1.807, 2.05) is 24.3 Å². The first-order valence-electron chi connectivity index (χ1n) is 6.10. The van der Waals surface area contributed by atoms with E-state index in [4.69, 9.17) is 10.6 Å². The molecule has 0 bridgehead atoms. The molecule has 1 unspecified atom stereocenters. The molecule has 0 aliphatic carbocycles. The summed E-state index contributed by atoms with van der Waals surface area (Å²) >= 11 is 0. The fourth-order valence-electron chi connectivity index (χ4n) is 1.70. The van der Waals surface area contributed by atoms with Crippen molar-refractivity contribution in [2.75, 3.05) is 13.2 Å². The molecule has 0 aliphatic heterocycles. The van der Waals surface area contributed by atoms with Gasteiger partial charge < -0.3 is 4.74 Å². The maximum atomic E-state index is 5.53. The molecule has 3 N–H and O–H groups in total. The highest BCUT2D eigenvalue weighted by Gasteiger charge is 2.12. The first-order valence-corrected chi connectivity index (χ1v) is 6.10. The molecule has 0 spiro atoms. The Bertz CT molecular complexity index is 503. The second kappa shape index (κ2) is 6.39. The highest BCUT2D eigenvalue weighted by Crippen LogP contribution is 2.14. The molecule has 96 valence electrons. The van der Waals surface area contributed by atoms with E-state index in [2.05, 4.69) is 22.3 Å². The molecule has 0 fully saturated rings. The predicted molar refractivity (Wildman–Crippen MR) is 70.7 cm³/mol. The molecule has 2 aromatic rings. The van der Waals surface area contributed by atoms with Crippen LogP contribution in [0.3, 0.4) is 0 Å². The number of aromatic nitrogens is 2. The SMILES string of the molecule is CCCOCC(NN)c1cnc2ccccc2n1. The second-order valence-electron chi connectivity index (χ2n) is 4.08. The van der Waals surface area contributed by atoms with Crippen molar-refractivity contribution >= 4 is 11.0 Å². The molecule has 0 saturated heterocycles. The van der Waals surface area contributed by atoms with Gasteiger partial charge >= 0.3 is 0 Å². The van der Waals surface area contributed by atoms with Gasteiger partial charge in [0.15, 0.2) is 0 Å². The van der Waals surface area contributed by atoms with Crippen molar-refractivity contribution in [3.8, 4) is 0 Å². The Balaban J connectivity index is 2.17. The first kappa shape index (κ1) is 12.9. The minimum absolute atomic E-state index is 0.131. The van der Waals surface area contributed by atoms with Crippen molar-refractivity contribution in [1.82, 2.24) is 15.4 Å². The number of para-hydroxylation sites is 2. The van der Waals surface area contributed by atoms with Gasteiger partial charge in [-0.25, -0.2) is 10.4 Å². The zero-order valence-electron chi connectivity index (χ0n) is 10.5. The Morgan fingerprint density at radius 1 is 1.33 bits per heavy atom. The maximum absolute atomic E-state index is 5.53. The molecule has 0 amide bonds. The van der Waals surface area contributed by atoms with Crippen LogP contribution in [0, 0.1) is 0 Å². The lowest BCUT2D eigenvalue weighted by Crippen LogP contribution is -2.32. The quantitative estimate of drug-likeness (QED) is 0.460. The normalized spacial score (nSPS) is 12.8. The largest absolute Gasteiger partial charge is 0.379 e. The van der Waals surface area contributed by atoms with Gasteiger partial charge in [0.1, 0.15) is 0 Å². The molecular formula is C13H18N4O. The highest BCUT2D eigenvalue weighted by molar-refractivity contribution is 5.73. The van der Waals surface area contributed by atoms with E-state index in [9.17, 15) is 0 Å². The molecule has 0 radical (unpaired) electrons. The lowest BCUT2D eigenvalue weighted by atomic mass is 10.2. The predicted octanol–water partition coefficient (Wildman–Crippen LogP) is 1.56. The van der Waals surface area contributed by atoms with E-state index in [-0.39, 0.29) is 6.04 Å². The van der Waals surface area contributed by atoms with E-state index < -0.39 is 0 Å². The summed E-state index contributed by atoms with van der Waals surface area (Å²) in [4.78, 5) is 8.90. The van der Waals surface area contributed by atoms with Gasteiger partial charge in [0.25, 0.3) is 0 Å². The minimum atomic E-state index is -0.131. The van der Waals surface area contributed by atoms with Crippen LogP contribution in [0.5, 0.6) is 0 Å². The maximum Gasteiger partial charge on any atom is 0.0890 e. The monoisotopic (exact) mass is 246 g/mol. The fourth-order valence-corrected chi connectivity index (χ4v) is 1.70. The third-order valence-corrected chi connectivity index (χ3v) is 2.66. The van der Waals surface area contributed by atoms with Crippen molar-refractivity contribution in [3.63, 3.8) is 0 Å². The van der Waals surface area contributed by atoms with Crippen LogP contribution in [-0.2, 0) is 4.74 Å². The molecule has 0 aliphatic rings. The molecule has 5 heteroatoms. The van der Waals surface area contributed by atoms with Crippen LogP contribution in [0.4, 0.5) is 0 Å². The van der Waals surface area contributed by atoms with Crippen molar-refractivity contribution in [3.05, 3.63) is 36.2 Å². The van der Waals surface area contributed by atoms with Gasteiger partial charge in [0, 0.05) is 6.61 Å². The summed E-state index contributed by atoms with van der Waals surface area (Å²) in [5, 5.41) is 0. The zero-order chi connectivity index (χ0) is 12.8. The smallest absolute Gasteiger partial charge is 0.0890 e. The van der Waals surface area contributed by atoms with Crippen LogP contribution in [0.1, 0.15) is 25.1 Å². The van der Waals surface area contributed by atoms with E-state index in [1.165, 1.54) is 0 Å². The summed E-state index contributed by atoms with van der Waals surface area (Å²) < 4.78 is 5.49. The standard InChI is InChI=1S/C13H18N4O/c1-2-7-18-9-13(17-14)12-8-15-10-5-3-4-6-11(10)16-12/h3-6,8,13,17H,2,7,9,14H2,1H3. The number of nitrogens with two attached hydrogens (primary N) is 1. The number of nitrogens with one attached hydrogen (secondary N) is 1. The molecule has 1 heterocycles. The summed E-state index contributed by atoms with van der Waals surface area (Å²) in [6.07, 6.45) is 2.73. The van der Waals surface area contributed by atoms with Crippen LogP contribution in [0.2, 0.25) is 0 Å². The van der Waals surface area contributed by atoms with Crippen molar-refractivity contribution < 1.29 is 4.74 Å². The lowest BCUT2D eigenvalue weighted by Gasteiger charge is -2.15. The molecular weight excluding hydrogens is 228 g/mol. The van der Waals surface area contributed by atoms with Gasteiger partial charge in [-0.3, -0.25) is 10.8 Å². The topological polar surface area (TPSA) is 73.1 Å². The third-order valence-electron chi connectivity index (χ3n) is 2.66. The van der Waals surface area contributed by atoms with Crippen LogP contribution in [-0.4, -0.2) is 23.2 Å². The van der Waals surface area contributed by atoms with Gasteiger partial charge in [-0.1, -0.05) is 19.1 Å². The van der Waals surface area contributed by atoms with E-state index in [0.717, 1.165) is 29.8 Å². The Morgan fingerprint density at radius 2 is 2.11 bits per heavy atom. The van der Waals surface area contributed by atoms with Crippen molar-refractivity contribution in [2.24, 2.45) is 5.84 Å². The number of ether oxygens (including phenoxy) is 1. The number of hydrogen-bond donors (Lipinski definition) is 2. The van der Waals surface area contributed by atoms with Gasteiger partial charge in [0.05, 0.1) is 35.6 Å². The van der Waals surface area contributed by atoms with Crippen LogP contribution >= 0.6 is 0 Å². The summed E-state index contributed by atoms with van der Waals surface area (Å²) in [6.45, 7) is 3.29. The first-order chi connectivity index (χ1) is 8.85. The number of hydrogen-bond acceptors (Lipinski definition) is 5. The minimum Gasteiger partial charge on any atom is -0.379 e. The summed E-state index contributed by atoms with van der Waals surface area (Å²) in [5.74, 6) is 5.53. The van der Waals surface area contributed by atoms with Gasteiger partial charge in [0.2, 0.25) is 0 Å². The number of fused-ring (bicyclic) bond motifs is 1. The Labute approximate surface area is 106 Å². The van der Waals surface area contributed by atoms with Crippen LogP contribution < -0.4 is 11.3 Å². The second-order valence-corrected chi connectivity index (χ2v) is 4.08. The zero-order valence-corrected chi connectivity index (χ0v) is 10.5. The molecule has 2 rings (SSSR count). The number of rotatable bonds is 6. The summed E-state index contributed by atoms with van der Waals surface area (Å²) in [7, 11) is 0. The molecule has 1 aromatic carbocycles. The number of benzene rings is 1. The van der Waals surface area contributed by atoms with Crippen molar-refractivity contribution in [2.45, 2.75) is 19.4 Å². The van der Waals surface area contributed by atoms with E-state index in [1.54, 1.807) is 6.20 Å². The highest BCUT2D eigenvalue weighted by atomic mass is 16.5. The van der Waals surface area contributed by atoms with Gasteiger partial charge in [-0.2, -0.15) is 0 Å². The Morgan fingerprint density at radius 3 is 2.83 bits per heavy atom. The third kappa shape index (κ3) is 3.01. The number of hydrazine groups is 1. The molecule has 1 aromatic heterocycles. The van der Waals surface area contributed by atoms with Crippen LogP contribution in [0.25, 0.3) is 11.0 Å². The summed E-state index contributed by atoms with van der Waals surface area (Å²) in [6, 6.07) is 7.63. The Kier molecular flexibility index (Phi) is 4.58. The van der Waals surface area contributed by atoms with Crippen molar-refractivity contribution in [1.29, 1.82) is 0 Å². The average Bonchev–Trinajstić information content (AvgIpc) is 2.43. The molecule has 18 heavy (non-hydrogen) atoms. The van der Waals surface area contributed by atoms with E-state index in [0.29, 0.717) is 6.61 Å². The molecule has 1 atom stereocenters. The van der Waals surface area contributed by atoms with Gasteiger partial charge in [-0.15, -0.1) is 0 Å². The van der Waals surface area contributed by atoms with Crippen LogP contribution in [0.15, 0.2) is 30.5 Å². The Hall–Kier alpha value is -1.56. The lowest BCUT2D eigenvalue weighted by molar-refractivity contribution is 0.111.